The summed E-state index contributed by atoms with van der Waals surface area (Å²) >= 11 is 0. The third-order valence-corrected chi connectivity index (χ3v) is 6.44. The van der Waals surface area contributed by atoms with Gasteiger partial charge >= 0.3 is 0 Å². The highest BCUT2D eigenvalue weighted by molar-refractivity contribution is 5.85. The zero-order chi connectivity index (χ0) is 22.6. The Morgan fingerprint density at radius 3 is 2.64 bits per heavy atom. The Morgan fingerprint density at radius 2 is 1.85 bits per heavy atom. The summed E-state index contributed by atoms with van der Waals surface area (Å²) in [6.45, 7) is 7.41. The lowest BCUT2D eigenvalue weighted by Gasteiger charge is -2.31. The van der Waals surface area contributed by atoms with Gasteiger partial charge in [0.05, 0.1) is 24.1 Å². The number of morpholine rings is 1. The van der Waals surface area contributed by atoms with Gasteiger partial charge in [-0.1, -0.05) is 13.8 Å². The highest BCUT2D eigenvalue weighted by atomic mass is 16.5. The number of nitrogens with one attached hydrogen (secondary N) is 1. The van der Waals surface area contributed by atoms with Gasteiger partial charge in [0.1, 0.15) is 11.9 Å². The van der Waals surface area contributed by atoms with Crippen LogP contribution < -0.4 is 15.0 Å². The molecule has 1 aliphatic carbocycles. The summed E-state index contributed by atoms with van der Waals surface area (Å²) in [5.74, 6) is 2.72. The average Bonchev–Trinajstić information content (AvgIpc) is 2.86. The molecule has 1 aliphatic heterocycles. The van der Waals surface area contributed by atoms with E-state index in [1.807, 2.05) is 30.6 Å². The van der Waals surface area contributed by atoms with E-state index in [-0.39, 0.29) is 6.10 Å². The van der Waals surface area contributed by atoms with Gasteiger partial charge in [-0.15, -0.1) is 0 Å². The number of anilines is 2. The van der Waals surface area contributed by atoms with Crippen LogP contribution in [0.2, 0.25) is 0 Å². The van der Waals surface area contributed by atoms with E-state index in [0.29, 0.717) is 17.8 Å². The van der Waals surface area contributed by atoms with Crippen molar-refractivity contribution in [3.05, 3.63) is 42.4 Å². The van der Waals surface area contributed by atoms with Gasteiger partial charge in [-0.3, -0.25) is 4.98 Å². The van der Waals surface area contributed by atoms with Crippen molar-refractivity contribution in [3.8, 4) is 5.88 Å². The number of rotatable bonds is 6. The van der Waals surface area contributed by atoms with Crippen molar-refractivity contribution in [1.29, 1.82) is 0 Å². The Bertz CT molecular complexity index is 1080. The van der Waals surface area contributed by atoms with Gasteiger partial charge in [-0.2, -0.15) is 4.98 Å². The van der Waals surface area contributed by atoms with Crippen molar-refractivity contribution in [1.82, 2.24) is 19.9 Å². The predicted octanol–water partition coefficient (Wildman–Crippen LogP) is 4.18. The number of aromatic nitrogens is 4. The summed E-state index contributed by atoms with van der Waals surface area (Å²) < 4.78 is 12.0. The fourth-order valence-corrected chi connectivity index (χ4v) is 4.51. The minimum absolute atomic E-state index is 0.141. The highest BCUT2D eigenvalue weighted by Gasteiger charge is 2.25. The molecule has 4 heterocycles. The van der Waals surface area contributed by atoms with Gasteiger partial charge in [0.15, 0.2) is 0 Å². The van der Waals surface area contributed by atoms with E-state index in [4.69, 9.17) is 14.5 Å². The molecule has 0 radical (unpaired) electrons. The molecule has 3 aromatic rings. The zero-order valence-corrected chi connectivity index (χ0v) is 19.4. The molecule has 0 aromatic carbocycles. The Balaban J connectivity index is 1.26. The first kappa shape index (κ1) is 21.8. The Hall–Kier alpha value is -3.00. The van der Waals surface area contributed by atoms with Crippen LogP contribution in [0.1, 0.15) is 51.1 Å². The number of fused-ring (bicyclic) bond motifs is 1. The molecule has 2 fully saturated rings. The summed E-state index contributed by atoms with van der Waals surface area (Å²) in [5, 5.41) is 4.49. The van der Waals surface area contributed by atoms with Crippen LogP contribution >= 0.6 is 0 Å². The second-order valence-corrected chi connectivity index (χ2v) is 9.15. The monoisotopic (exact) mass is 448 g/mol. The third kappa shape index (κ3) is 5.16. The standard InChI is InChI=1S/C25H32N6O2/c1-17(2)21-9-11-27-25(29-21)28-18-5-7-19(8-6-18)33-24-20-4-3-10-26-22(20)16-23(30-24)31-12-14-32-15-13-31/h3-4,9-11,16-19H,5-8,12-15H2,1-2H3,(H,27,28,29). The summed E-state index contributed by atoms with van der Waals surface area (Å²) in [4.78, 5) is 20.8. The van der Waals surface area contributed by atoms with E-state index in [1.54, 1.807) is 0 Å². The molecular formula is C25H32N6O2. The molecule has 2 aliphatic rings. The topological polar surface area (TPSA) is 85.3 Å². The van der Waals surface area contributed by atoms with Crippen molar-refractivity contribution >= 4 is 22.7 Å². The number of ether oxygens (including phenoxy) is 2. The lowest BCUT2D eigenvalue weighted by Crippen LogP contribution is -2.37. The Kier molecular flexibility index (Phi) is 6.53. The summed E-state index contributed by atoms with van der Waals surface area (Å²) in [5.41, 5.74) is 1.98. The van der Waals surface area contributed by atoms with Gasteiger partial charge in [0, 0.05) is 43.3 Å². The van der Waals surface area contributed by atoms with Crippen LogP contribution in [-0.4, -0.2) is 58.4 Å². The molecule has 8 heteroatoms. The van der Waals surface area contributed by atoms with Gasteiger partial charge in [-0.25, -0.2) is 9.97 Å². The molecule has 8 nitrogen and oxygen atoms in total. The minimum Gasteiger partial charge on any atom is -0.474 e. The Morgan fingerprint density at radius 1 is 1.03 bits per heavy atom. The summed E-state index contributed by atoms with van der Waals surface area (Å²) in [6.07, 6.45) is 7.76. The second kappa shape index (κ2) is 9.87. The van der Waals surface area contributed by atoms with Crippen LogP contribution in [0.25, 0.3) is 10.9 Å². The molecule has 174 valence electrons. The number of nitrogens with zero attached hydrogens (tertiary/aromatic N) is 5. The first-order valence-electron chi connectivity index (χ1n) is 12.0. The van der Waals surface area contributed by atoms with E-state index >= 15 is 0 Å². The van der Waals surface area contributed by atoms with Crippen molar-refractivity contribution in [3.63, 3.8) is 0 Å². The molecule has 1 saturated heterocycles. The number of hydrogen-bond acceptors (Lipinski definition) is 8. The molecule has 1 N–H and O–H groups in total. The maximum Gasteiger partial charge on any atom is 0.225 e. The van der Waals surface area contributed by atoms with Gasteiger partial charge in [0.2, 0.25) is 11.8 Å². The zero-order valence-electron chi connectivity index (χ0n) is 19.4. The Labute approximate surface area is 194 Å². The SMILES string of the molecule is CC(C)c1ccnc(NC2CCC(Oc3nc(N4CCOCC4)cc4ncccc34)CC2)n1. The highest BCUT2D eigenvalue weighted by Crippen LogP contribution is 2.31. The maximum atomic E-state index is 6.48. The van der Waals surface area contributed by atoms with Gasteiger partial charge < -0.3 is 19.7 Å². The first-order chi connectivity index (χ1) is 16.2. The largest absolute Gasteiger partial charge is 0.474 e. The second-order valence-electron chi connectivity index (χ2n) is 9.15. The molecule has 5 rings (SSSR count). The molecule has 0 atom stereocenters. The quantitative estimate of drug-likeness (QED) is 0.601. The molecular weight excluding hydrogens is 416 g/mol. The molecule has 3 aromatic heterocycles. The van der Waals surface area contributed by atoms with E-state index in [0.717, 1.165) is 80.3 Å². The fraction of sp³-hybridized carbons (Fsp3) is 0.520. The van der Waals surface area contributed by atoms with E-state index in [2.05, 4.69) is 45.1 Å². The van der Waals surface area contributed by atoms with Crippen LogP contribution in [-0.2, 0) is 4.74 Å². The van der Waals surface area contributed by atoms with Crippen LogP contribution in [0.15, 0.2) is 36.7 Å². The van der Waals surface area contributed by atoms with Crippen LogP contribution in [0.5, 0.6) is 5.88 Å². The van der Waals surface area contributed by atoms with Crippen LogP contribution in [0.4, 0.5) is 11.8 Å². The van der Waals surface area contributed by atoms with Crippen molar-refractivity contribution in [2.24, 2.45) is 0 Å². The smallest absolute Gasteiger partial charge is 0.225 e. The van der Waals surface area contributed by atoms with Gasteiger partial charge in [-0.05, 0) is 49.8 Å². The van der Waals surface area contributed by atoms with Crippen LogP contribution in [0.3, 0.4) is 0 Å². The van der Waals surface area contributed by atoms with Crippen molar-refractivity contribution < 1.29 is 9.47 Å². The van der Waals surface area contributed by atoms with E-state index in [9.17, 15) is 0 Å². The first-order valence-corrected chi connectivity index (χ1v) is 12.0. The maximum absolute atomic E-state index is 6.48. The van der Waals surface area contributed by atoms with E-state index < -0.39 is 0 Å². The molecule has 1 saturated carbocycles. The van der Waals surface area contributed by atoms with E-state index in [1.165, 1.54) is 0 Å². The molecule has 0 spiro atoms. The minimum atomic E-state index is 0.141. The lowest BCUT2D eigenvalue weighted by molar-refractivity contribution is 0.122. The average molecular weight is 449 g/mol. The van der Waals surface area contributed by atoms with Crippen molar-refractivity contribution in [2.45, 2.75) is 57.6 Å². The third-order valence-electron chi connectivity index (χ3n) is 6.44. The normalized spacial score (nSPS) is 21.4. The molecule has 33 heavy (non-hydrogen) atoms. The number of pyridine rings is 2. The number of hydrogen-bond donors (Lipinski definition) is 1. The molecule has 0 unspecified atom stereocenters. The lowest BCUT2D eigenvalue weighted by atomic mass is 9.93. The van der Waals surface area contributed by atoms with Gasteiger partial charge in [0.25, 0.3) is 0 Å². The van der Waals surface area contributed by atoms with Crippen LogP contribution in [0, 0.1) is 0 Å². The fourth-order valence-electron chi connectivity index (χ4n) is 4.51. The van der Waals surface area contributed by atoms with Crippen molar-refractivity contribution in [2.75, 3.05) is 36.5 Å². The molecule has 0 bridgehead atoms. The molecule has 0 amide bonds. The summed E-state index contributed by atoms with van der Waals surface area (Å²) in [7, 11) is 0. The summed E-state index contributed by atoms with van der Waals surface area (Å²) in [6, 6.07) is 8.38. The predicted molar refractivity (Wildman–Crippen MR) is 129 cm³/mol.